The fraction of sp³-hybridized carbons (Fsp3) is 0.375. The second-order valence-corrected chi connectivity index (χ2v) is 2.85. The molecule has 4 nitrogen and oxygen atoms in total. The molecule has 0 bridgehead atoms. The Morgan fingerprint density at radius 1 is 1.42 bits per heavy atom. The second-order valence-electron chi connectivity index (χ2n) is 2.85. The fourth-order valence-corrected chi connectivity index (χ4v) is 0.763. The van der Waals surface area contributed by atoms with Gasteiger partial charge in [0.05, 0.1) is 11.9 Å². The van der Waals surface area contributed by atoms with Crippen molar-refractivity contribution in [2.24, 2.45) is 5.73 Å². The Bertz CT molecular complexity index is 279. The predicted octanol–water partition coefficient (Wildman–Crippen LogP) is 0.699. The van der Waals surface area contributed by atoms with Gasteiger partial charge in [-0.2, -0.15) is 0 Å². The van der Waals surface area contributed by atoms with Crippen molar-refractivity contribution < 1.29 is 4.79 Å². The lowest BCUT2D eigenvalue weighted by atomic mass is 10.1. The lowest BCUT2D eigenvalue weighted by Crippen LogP contribution is -2.13. The zero-order valence-corrected chi connectivity index (χ0v) is 7.11. The number of carbonyl (C=O) groups excluding carboxylic acids is 1. The van der Waals surface area contributed by atoms with E-state index in [1.54, 1.807) is 6.20 Å². The third-order valence-electron chi connectivity index (χ3n) is 1.52. The minimum absolute atomic E-state index is 0.208. The van der Waals surface area contributed by atoms with Gasteiger partial charge in [-0.3, -0.25) is 9.78 Å². The molecule has 0 atom stereocenters. The van der Waals surface area contributed by atoms with Crippen molar-refractivity contribution in [2.75, 3.05) is 0 Å². The summed E-state index contributed by atoms with van der Waals surface area (Å²) in [7, 11) is 0. The quantitative estimate of drug-likeness (QED) is 0.701. The molecule has 0 fully saturated rings. The molecule has 0 unspecified atom stereocenters. The van der Waals surface area contributed by atoms with Gasteiger partial charge < -0.3 is 5.73 Å². The van der Waals surface area contributed by atoms with Crippen LogP contribution in [-0.2, 0) is 0 Å². The van der Waals surface area contributed by atoms with Crippen LogP contribution in [0.3, 0.4) is 0 Å². The summed E-state index contributed by atoms with van der Waals surface area (Å²) in [5, 5.41) is 0. The van der Waals surface area contributed by atoms with E-state index in [1.807, 2.05) is 13.8 Å². The number of primary amides is 1. The van der Waals surface area contributed by atoms with Crippen molar-refractivity contribution in [1.82, 2.24) is 9.97 Å². The van der Waals surface area contributed by atoms with Crippen LogP contribution in [0.2, 0.25) is 0 Å². The van der Waals surface area contributed by atoms with Gasteiger partial charge in [0.15, 0.2) is 0 Å². The molecule has 0 saturated heterocycles. The smallest absolute Gasteiger partial charge is 0.268 e. The van der Waals surface area contributed by atoms with Crippen LogP contribution in [0.4, 0.5) is 0 Å². The summed E-state index contributed by atoms with van der Waals surface area (Å²) < 4.78 is 0. The van der Waals surface area contributed by atoms with E-state index in [1.165, 1.54) is 6.20 Å². The van der Waals surface area contributed by atoms with E-state index in [4.69, 9.17) is 5.73 Å². The molecule has 1 aromatic heterocycles. The van der Waals surface area contributed by atoms with Crippen LogP contribution >= 0.6 is 0 Å². The summed E-state index contributed by atoms with van der Waals surface area (Å²) in [6.45, 7) is 4.02. The predicted molar refractivity (Wildman–Crippen MR) is 44.6 cm³/mol. The highest BCUT2D eigenvalue weighted by Crippen LogP contribution is 2.08. The Balaban J connectivity index is 2.93. The van der Waals surface area contributed by atoms with Crippen LogP contribution in [0.15, 0.2) is 12.4 Å². The molecule has 64 valence electrons. The SMILES string of the molecule is CC(C)c1cnc(C(N)=O)cn1. The van der Waals surface area contributed by atoms with Gasteiger partial charge in [-0.15, -0.1) is 0 Å². The van der Waals surface area contributed by atoms with Crippen LogP contribution in [0.1, 0.15) is 35.9 Å². The topological polar surface area (TPSA) is 68.9 Å². The molecule has 0 radical (unpaired) electrons. The van der Waals surface area contributed by atoms with Gasteiger partial charge in [0, 0.05) is 6.20 Å². The maximum absolute atomic E-state index is 10.6. The monoisotopic (exact) mass is 165 g/mol. The first-order valence-electron chi connectivity index (χ1n) is 3.73. The van der Waals surface area contributed by atoms with Gasteiger partial charge in [0.2, 0.25) is 0 Å². The number of nitrogens with zero attached hydrogens (tertiary/aromatic N) is 2. The van der Waals surface area contributed by atoms with Gasteiger partial charge >= 0.3 is 0 Å². The third kappa shape index (κ3) is 1.78. The van der Waals surface area contributed by atoms with Gasteiger partial charge in [-0.05, 0) is 5.92 Å². The van der Waals surface area contributed by atoms with Gasteiger partial charge in [-0.1, -0.05) is 13.8 Å². The van der Waals surface area contributed by atoms with Crippen molar-refractivity contribution in [3.8, 4) is 0 Å². The molecule has 12 heavy (non-hydrogen) atoms. The molecule has 0 aromatic carbocycles. The number of nitrogens with two attached hydrogens (primary N) is 1. The van der Waals surface area contributed by atoms with E-state index in [0.29, 0.717) is 5.92 Å². The van der Waals surface area contributed by atoms with E-state index < -0.39 is 5.91 Å². The normalized spacial score (nSPS) is 10.2. The number of aromatic nitrogens is 2. The lowest BCUT2D eigenvalue weighted by Gasteiger charge is -2.02. The molecule has 0 saturated carbocycles. The van der Waals surface area contributed by atoms with Crippen molar-refractivity contribution in [1.29, 1.82) is 0 Å². The average Bonchev–Trinajstić information content (AvgIpc) is 2.04. The first-order valence-corrected chi connectivity index (χ1v) is 3.73. The molecular formula is C8H11N3O. The summed E-state index contributed by atoms with van der Waals surface area (Å²) in [5.74, 6) is -0.225. The molecule has 4 heteroatoms. The molecule has 0 aliphatic carbocycles. The Kier molecular flexibility index (Phi) is 2.38. The minimum Gasteiger partial charge on any atom is -0.364 e. The van der Waals surface area contributed by atoms with Crippen molar-refractivity contribution >= 4 is 5.91 Å². The van der Waals surface area contributed by atoms with Crippen molar-refractivity contribution in [3.63, 3.8) is 0 Å². The van der Waals surface area contributed by atoms with Crippen molar-refractivity contribution in [3.05, 3.63) is 23.8 Å². The van der Waals surface area contributed by atoms with E-state index in [2.05, 4.69) is 9.97 Å². The van der Waals surface area contributed by atoms with Gasteiger partial charge in [-0.25, -0.2) is 4.98 Å². The second kappa shape index (κ2) is 3.30. The summed E-state index contributed by atoms with van der Waals surface area (Å²) in [6.07, 6.45) is 2.97. The standard InChI is InChI=1S/C8H11N3O/c1-5(2)6-3-11-7(4-10-6)8(9)12/h3-5H,1-2H3,(H2,9,12). The lowest BCUT2D eigenvalue weighted by molar-refractivity contribution is 0.0995. The highest BCUT2D eigenvalue weighted by molar-refractivity contribution is 5.90. The summed E-state index contributed by atoms with van der Waals surface area (Å²) in [6, 6.07) is 0. The Hall–Kier alpha value is -1.45. The number of rotatable bonds is 2. The highest BCUT2D eigenvalue weighted by atomic mass is 16.1. The first kappa shape index (κ1) is 8.64. The highest BCUT2D eigenvalue weighted by Gasteiger charge is 2.04. The molecule has 0 spiro atoms. The average molecular weight is 165 g/mol. The number of carbonyl (C=O) groups is 1. The Labute approximate surface area is 70.8 Å². The summed E-state index contributed by atoms with van der Waals surface area (Å²) >= 11 is 0. The Morgan fingerprint density at radius 3 is 2.42 bits per heavy atom. The molecule has 0 aliphatic rings. The zero-order chi connectivity index (χ0) is 9.14. The van der Waals surface area contributed by atoms with Crippen molar-refractivity contribution in [2.45, 2.75) is 19.8 Å². The maximum atomic E-state index is 10.6. The third-order valence-corrected chi connectivity index (χ3v) is 1.52. The molecule has 1 amide bonds. The van der Waals surface area contributed by atoms with Crippen LogP contribution < -0.4 is 5.73 Å². The van der Waals surface area contributed by atoms with E-state index >= 15 is 0 Å². The number of hydrogen-bond donors (Lipinski definition) is 1. The molecule has 1 aromatic rings. The Morgan fingerprint density at radius 2 is 2.08 bits per heavy atom. The zero-order valence-electron chi connectivity index (χ0n) is 7.11. The van der Waals surface area contributed by atoms with Crippen LogP contribution in [0.5, 0.6) is 0 Å². The molecule has 2 N–H and O–H groups in total. The van der Waals surface area contributed by atoms with Gasteiger partial charge in [0.25, 0.3) is 5.91 Å². The van der Waals surface area contributed by atoms with E-state index in [0.717, 1.165) is 5.69 Å². The summed E-state index contributed by atoms with van der Waals surface area (Å²) in [4.78, 5) is 18.5. The molecular weight excluding hydrogens is 154 g/mol. The molecule has 0 aliphatic heterocycles. The summed E-state index contributed by atoms with van der Waals surface area (Å²) in [5.41, 5.74) is 6.07. The van der Waals surface area contributed by atoms with Gasteiger partial charge in [0.1, 0.15) is 5.69 Å². The number of amides is 1. The van der Waals surface area contributed by atoms with E-state index in [9.17, 15) is 4.79 Å². The molecule has 1 heterocycles. The molecule has 1 rings (SSSR count). The largest absolute Gasteiger partial charge is 0.364 e. The van der Waals surface area contributed by atoms with Crippen LogP contribution in [-0.4, -0.2) is 15.9 Å². The number of hydrogen-bond acceptors (Lipinski definition) is 3. The van der Waals surface area contributed by atoms with Crippen LogP contribution in [0, 0.1) is 0 Å². The van der Waals surface area contributed by atoms with E-state index in [-0.39, 0.29) is 5.69 Å². The van der Waals surface area contributed by atoms with Crippen LogP contribution in [0.25, 0.3) is 0 Å². The maximum Gasteiger partial charge on any atom is 0.268 e. The fourth-order valence-electron chi connectivity index (χ4n) is 0.763. The first-order chi connectivity index (χ1) is 5.61. The minimum atomic E-state index is -0.544.